The number of hydrogen-bond acceptors (Lipinski definition) is 3. The Hall–Kier alpha value is -0.660. The number of hydrogen-bond donors (Lipinski definition) is 1. The summed E-state index contributed by atoms with van der Waals surface area (Å²) in [7, 11) is -1.88. The number of carboxylic acid groups (broad SMARTS) is 1. The fraction of sp³-hybridized carbons (Fsp3) is 0.917. The average molecular weight is 290 g/mol. The van der Waals surface area contributed by atoms with Crippen molar-refractivity contribution in [3.8, 4) is 0 Å². The monoisotopic (exact) mass is 290 g/mol. The molecule has 7 heteroatoms. The van der Waals surface area contributed by atoms with E-state index in [1.165, 1.54) is 15.0 Å². The molecule has 1 unspecified atom stereocenters. The van der Waals surface area contributed by atoms with Crippen LogP contribution in [0, 0.1) is 5.92 Å². The van der Waals surface area contributed by atoms with Crippen molar-refractivity contribution in [2.75, 3.05) is 20.1 Å². The number of nitrogens with zero attached hydrogens (tertiary/aromatic N) is 2. The van der Waals surface area contributed by atoms with Crippen LogP contribution in [0.4, 0.5) is 0 Å². The Morgan fingerprint density at radius 2 is 1.84 bits per heavy atom. The second-order valence-electron chi connectivity index (χ2n) is 5.50. The van der Waals surface area contributed by atoms with Crippen LogP contribution in [-0.2, 0) is 15.0 Å². The molecule has 0 aromatic carbocycles. The third-order valence-electron chi connectivity index (χ3n) is 4.28. The molecule has 0 aromatic heterocycles. The van der Waals surface area contributed by atoms with Gasteiger partial charge in [-0.2, -0.15) is 17.0 Å². The maximum Gasteiger partial charge on any atom is 0.307 e. The van der Waals surface area contributed by atoms with E-state index in [0.29, 0.717) is 13.0 Å². The Morgan fingerprint density at radius 1 is 1.21 bits per heavy atom. The maximum atomic E-state index is 12.5. The first-order valence-electron chi connectivity index (χ1n) is 6.89. The van der Waals surface area contributed by atoms with E-state index in [1.54, 1.807) is 7.05 Å². The highest BCUT2D eigenvalue weighted by molar-refractivity contribution is 7.86. The highest BCUT2D eigenvalue weighted by atomic mass is 32.2. The van der Waals surface area contributed by atoms with Gasteiger partial charge in [0.2, 0.25) is 0 Å². The van der Waals surface area contributed by atoms with Gasteiger partial charge in [-0.15, -0.1) is 0 Å². The molecule has 6 nitrogen and oxygen atoms in total. The normalized spacial score (nSPS) is 26.9. The molecule has 1 atom stereocenters. The third-order valence-corrected chi connectivity index (χ3v) is 6.29. The first-order chi connectivity index (χ1) is 8.93. The van der Waals surface area contributed by atoms with Crippen molar-refractivity contribution in [1.82, 2.24) is 8.61 Å². The van der Waals surface area contributed by atoms with Gasteiger partial charge in [0.15, 0.2) is 0 Å². The predicted molar refractivity (Wildman–Crippen MR) is 70.9 cm³/mol. The average Bonchev–Trinajstić information content (AvgIpc) is 2.89. The Bertz CT molecular complexity index is 431. The SMILES string of the molecule is CN(C1CCCCC1)S(=O)(=O)N1CCC(C(=O)O)C1. The van der Waals surface area contributed by atoms with Crippen molar-refractivity contribution in [3.05, 3.63) is 0 Å². The van der Waals surface area contributed by atoms with Gasteiger partial charge in [-0.25, -0.2) is 0 Å². The van der Waals surface area contributed by atoms with Gasteiger partial charge in [0.25, 0.3) is 10.2 Å². The summed E-state index contributed by atoms with van der Waals surface area (Å²) in [6.45, 7) is 0.422. The van der Waals surface area contributed by atoms with E-state index in [-0.39, 0.29) is 12.6 Å². The minimum atomic E-state index is -3.50. The van der Waals surface area contributed by atoms with E-state index < -0.39 is 22.1 Å². The second kappa shape index (κ2) is 5.76. The zero-order valence-corrected chi connectivity index (χ0v) is 12.1. The minimum absolute atomic E-state index is 0.0719. The van der Waals surface area contributed by atoms with Crippen LogP contribution >= 0.6 is 0 Å². The largest absolute Gasteiger partial charge is 0.481 e. The molecule has 110 valence electrons. The molecule has 0 aromatic rings. The van der Waals surface area contributed by atoms with E-state index in [4.69, 9.17) is 5.11 Å². The van der Waals surface area contributed by atoms with Crippen LogP contribution in [0.2, 0.25) is 0 Å². The lowest BCUT2D eigenvalue weighted by atomic mass is 9.96. The minimum Gasteiger partial charge on any atom is -0.481 e. The standard InChI is InChI=1S/C12H22N2O4S/c1-13(11-5-3-2-4-6-11)19(17,18)14-8-7-10(9-14)12(15)16/h10-11H,2-9H2,1H3,(H,15,16). The van der Waals surface area contributed by atoms with Gasteiger partial charge in [0.1, 0.15) is 0 Å². The van der Waals surface area contributed by atoms with Gasteiger partial charge < -0.3 is 5.11 Å². The van der Waals surface area contributed by atoms with Crippen molar-refractivity contribution in [1.29, 1.82) is 0 Å². The van der Waals surface area contributed by atoms with E-state index in [0.717, 1.165) is 25.7 Å². The lowest BCUT2D eigenvalue weighted by Crippen LogP contribution is -2.46. The lowest BCUT2D eigenvalue weighted by molar-refractivity contribution is -0.141. The van der Waals surface area contributed by atoms with Crippen LogP contribution in [0.15, 0.2) is 0 Å². The van der Waals surface area contributed by atoms with Gasteiger partial charge in [0.05, 0.1) is 5.92 Å². The van der Waals surface area contributed by atoms with Crippen molar-refractivity contribution in [3.63, 3.8) is 0 Å². The number of aliphatic carboxylic acids is 1. The van der Waals surface area contributed by atoms with Crippen LogP contribution in [-0.4, -0.2) is 54.3 Å². The molecule has 19 heavy (non-hydrogen) atoms. The number of carboxylic acids is 1. The molecule has 1 N–H and O–H groups in total. The third kappa shape index (κ3) is 3.09. The highest BCUT2D eigenvalue weighted by Crippen LogP contribution is 2.27. The van der Waals surface area contributed by atoms with Crippen molar-refractivity contribution in [2.24, 2.45) is 5.92 Å². The Balaban J connectivity index is 2.03. The maximum absolute atomic E-state index is 12.5. The summed E-state index contributed by atoms with van der Waals surface area (Å²) >= 11 is 0. The zero-order chi connectivity index (χ0) is 14.0. The quantitative estimate of drug-likeness (QED) is 0.834. The number of carbonyl (C=O) groups is 1. The molecule has 0 bridgehead atoms. The molecule has 0 radical (unpaired) electrons. The topological polar surface area (TPSA) is 77.9 Å². The van der Waals surface area contributed by atoms with Crippen LogP contribution in [0.5, 0.6) is 0 Å². The molecule has 0 amide bonds. The summed E-state index contributed by atoms with van der Waals surface area (Å²) in [5.74, 6) is -1.47. The zero-order valence-electron chi connectivity index (χ0n) is 11.3. The molecule has 1 heterocycles. The van der Waals surface area contributed by atoms with Gasteiger partial charge in [-0.3, -0.25) is 4.79 Å². The van der Waals surface area contributed by atoms with E-state index in [9.17, 15) is 13.2 Å². The van der Waals surface area contributed by atoms with Crippen molar-refractivity contribution >= 4 is 16.2 Å². The molecular formula is C12H22N2O4S. The van der Waals surface area contributed by atoms with Crippen molar-refractivity contribution in [2.45, 2.75) is 44.6 Å². The predicted octanol–water partition coefficient (Wildman–Crippen LogP) is 0.902. The van der Waals surface area contributed by atoms with E-state index in [1.807, 2.05) is 0 Å². The smallest absolute Gasteiger partial charge is 0.307 e. The molecule has 2 fully saturated rings. The Labute approximate surface area is 114 Å². The fourth-order valence-corrected chi connectivity index (χ4v) is 4.61. The highest BCUT2D eigenvalue weighted by Gasteiger charge is 2.39. The summed E-state index contributed by atoms with van der Waals surface area (Å²) in [6.07, 6.45) is 5.55. The molecule has 2 rings (SSSR count). The summed E-state index contributed by atoms with van der Waals surface area (Å²) in [5, 5.41) is 8.95. The summed E-state index contributed by atoms with van der Waals surface area (Å²) < 4.78 is 27.7. The molecule has 1 saturated heterocycles. The first kappa shape index (κ1) is 14.7. The molecule has 1 aliphatic carbocycles. The van der Waals surface area contributed by atoms with Crippen molar-refractivity contribution < 1.29 is 18.3 Å². The molecule has 2 aliphatic rings. The van der Waals surface area contributed by atoms with Crippen LogP contribution in [0.3, 0.4) is 0 Å². The summed E-state index contributed by atoms with van der Waals surface area (Å²) in [6, 6.07) is 0.0719. The first-order valence-corrected chi connectivity index (χ1v) is 8.28. The van der Waals surface area contributed by atoms with E-state index in [2.05, 4.69) is 0 Å². The molecule has 1 aliphatic heterocycles. The second-order valence-corrected chi connectivity index (χ2v) is 7.49. The summed E-state index contributed by atoms with van der Waals surface area (Å²) in [5.41, 5.74) is 0. The Morgan fingerprint density at radius 3 is 2.37 bits per heavy atom. The van der Waals surface area contributed by atoms with Crippen LogP contribution in [0.25, 0.3) is 0 Å². The molecule has 1 saturated carbocycles. The fourth-order valence-electron chi connectivity index (χ4n) is 2.95. The summed E-state index contributed by atoms with van der Waals surface area (Å²) in [4.78, 5) is 10.9. The van der Waals surface area contributed by atoms with E-state index >= 15 is 0 Å². The van der Waals surface area contributed by atoms with Gasteiger partial charge in [-0.05, 0) is 19.3 Å². The van der Waals surface area contributed by atoms with Crippen LogP contribution in [0.1, 0.15) is 38.5 Å². The van der Waals surface area contributed by atoms with Gasteiger partial charge in [0, 0.05) is 26.2 Å². The lowest BCUT2D eigenvalue weighted by Gasteiger charge is -2.33. The molecular weight excluding hydrogens is 268 g/mol. The Kier molecular flexibility index (Phi) is 4.47. The number of rotatable bonds is 4. The van der Waals surface area contributed by atoms with Gasteiger partial charge >= 0.3 is 5.97 Å². The van der Waals surface area contributed by atoms with Crippen LogP contribution < -0.4 is 0 Å². The molecule has 0 spiro atoms. The van der Waals surface area contributed by atoms with Gasteiger partial charge in [-0.1, -0.05) is 19.3 Å².